The Morgan fingerprint density at radius 2 is 1.96 bits per heavy atom. The van der Waals surface area contributed by atoms with Gasteiger partial charge in [0.05, 0.1) is 9.50 Å². The largest absolute Gasteiger partial charge is 0.444 e. The summed E-state index contributed by atoms with van der Waals surface area (Å²) in [6, 6.07) is 1.43. The fourth-order valence-corrected chi connectivity index (χ4v) is 4.62. The average Bonchev–Trinajstić information content (AvgIpc) is 2.84. The van der Waals surface area contributed by atoms with Crippen molar-refractivity contribution in [3.63, 3.8) is 0 Å². The van der Waals surface area contributed by atoms with Gasteiger partial charge in [0.2, 0.25) is 0 Å². The zero-order chi connectivity index (χ0) is 20.1. The van der Waals surface area contributed by atoms with Crippen molar-refractivity contribution in [1.82, 2.24) is 14.8 Å². The van der Waals surface area contributed by atoms with Crippen LogP contribution < -0.4 is 10.9 Å². The lowest BCUT2D eigenvalue weighted by Gasteiger charge is -2.41. The van der Waals surface area contributed by atoms with Crippen LogP contribution in [0.1, 0.15) is 56.9 Å². The van der Waals surface area contributed by atoms with Crippen molar-refractivity contribution < 1.29 is 14.3 Å². The van der Waals surface area contributed by atoms with Gasteiger partial charge in [-0.1, -0.05) is 11.6 Å². The summed E-state index contributed by atoms with van der Waals surface area (Å²) in [6.45, 7) is 5.48. The Labute approximate surface area is 171 Å². The van der Waals surface area contributed by atoms with E-state index in [0.717, 1.165) is 0 Å². The quantitative estimate of drug-likeness (QED) is 0.696. The summed E-state index contributed by atoms with van der Waals surface area (Å²) in [5.74, 6) is -0.344. The van der Waals surface area contributed by atoms with Gasteiger partial charge in [-0.2, -0.15) is 0 Å². The summed E-state index contributed by atoms with van der Waals surface area (Å²) in [6.07, 6.45) is 1.94. The van der Waals surface area contributed by atoms with E-state index in [1.54, 1.807) is 11.9 Å². The third kappa shape index (κ3) is 3.61. The molecule has 2 amide bonds. The van der Waals surface area contributed by atoms with Crippen LogP contribution in [0.3, 0.4) is 0 Å². The SMILES string of the molecule is CN(C(=O)OC(C)(C)C)C1CCC2(CC1)NC(=O)c1c(Cl)cc(Br)c(=O)n12. The number of carbonyl (C=O) groups excluding carboxylic acids is 2. The second-order valence-electron chi connectivity index (χ2n) is 8.14. The molecule has 2 heterocycles. The van der Waals surface area contributed by atoms with Crippen LogP contribution in [0.5, 0.6) is 0 Å². The number of pyridine rings is 1. The maximum Gasteiger partial charge on any atom is 0.410 e. The van der Waals surface area contributed by atoms with Gasteiger partial charge in [0, 0.05) is 13.1 Å². The van der Waals surface area contributed by atoms with Crippen molar-refractivity contribution in [2.45, 2.75) is 63.8 Å². The molecule has 2 aliphatic rings. The first-order valence-electron chi connectivity index (χ1n) is 8.85. The van der Waals surface area contributed by atoms with Crippen molar-refractivity contribution in [3.05, 3.63) is 31.6 Å². The lowest BCUT2D eigenvalue weighted by molar-refractivity contribution is 0.0118. The zero-order valence-corrected chi connectivity index (χ0v) is 18.1. The minimum absolute atomic E-state index is 0.0234. The van der Waals surface area contributed by atoms with Crippen LogP contribution in [0.2, 0.25) is 5.02 Å². The number of nitrogens with zero attached hydrogens (tertiary/aromatic N) is 2. The molecular weight excluding hydrogens is 438 g/mol. The Morgan fingerprint density at radius 1 is 1.37 bits per heavy atom. The molecule has 1 saturated carbocycles. The van der Waals surface area contributed by atoms with Crippen LogP contribution in [0.15, 0.2) is 15.3 Å². The molecular formula is C18H23BrClN3O4. The highest BCUT2D eigenvalue weighted by atomic mass is 79.9. The molecule has 7 nitrogen and oxygen atoms in total. The third-order valence-corrected chi connectivity index (χ3v) is 5.97. The van der Waals surface area contributed by atoms with Crippen LogP contribution in [-0.2, 0) is 10.4 Å². The normalized spacial score (nSPS) is 24.5. The molecule has 1 aromatic heterocycles. The average molecular weight is 461 g/mol. The van der Waals surface area contributed by atoms with Crippen LogP contribution in [0.4, 0.5) is 4.79 Å². The second-order valence-corrected chi connectivity index (χ2v) is 9.40. The van der Waals surface area contributed by atoms with Crippen LogP contribution in [0.25, 0.3) is 0 Å². The number of halogens is 2. The second kappa shape index (κ2) is 6.81. The molecule has 0 radical (unpaired) electrons. The summed E-state index contributed by atoms with van der Waals surface area (Å²) in [4.78, 5) is 39.1. The predicted octanol–water partition coefficient (Wildman–Crippen LogP) is 3.47. The minimum atomic E-state index is -0.803. The summed E-state index contributed by atoms with van der Waals surface area (Å²) < 4.78 is 7.23. The van der Waals surface area contributed by atoms with Gasteiger partial charge < -0.3 is 15.0 Å². The van der Waals surface area contributed by atoms with E-state index in [0.29, 0.717) is 30.2 Å². The first kappa shape index (κ1) is 20.2. The summed E-state index contributed by atoms with van der Waals surface area (Å²) >= 11 is 9.43. The molecule has 9 heteroatoms. The molecule has 0 bridgehead atoms. The van der Waals surface area contributed by atoms with E-state index in [2.05, 4.69) is 21.2 Å². The smallest absolute Gasteiger partial charge is 0.410 e. The van der Waals surface area contributed by atoms with Crippen LogP contribution in [-0.4, -0.2) is 40.2 Å². The highest BCUT2D eigenvalue weighted by molar-refractivity contribution is 9.10. The number of carbonyl (C=O) groups is 2. The summed E-state index contributed by atoms with van der Waals surface area (Å²) in [5.41, 5.74) is -1.45. The van der Waals surface area contributed by atoms with E-state index in [9.17, 15) is 14.4 Å². The number of nitrogens with one attached hydrogen (secondary N) is 1. The Hall–Kier alpha value is -1.54. The molecule has 0 saturated heterocycles. The van der Waals surface area contributed by atoms with E-state index in [-0.39, 0.29) is 34.3 Å². The molecule has 0 atom stereocenters. The predicted molar refractivity (Wildman–Crippen MR) is 105 cm³/mol. The van der Waals surface area contributed by atoms with E-state index >= 15 is 0 Å². The van der Waals surface area contributed by atoms with Gasteiger partial charge in [0.1, 0.15) is 17.0 Å². The third-order valence-electron chi connectivity index (χ3n) is 5.11. The van der Waals surface area contributed by atoms with Gasteiger partial charge in [0.15, 0.2) is 0 Å². The number of ether oxygens (including phenoxy) is 1. The maximum atomic E-state index is 12.7. The topological polar surface area (TPSA) is 80.6 Å². The van der Waals surface area contributed by atoms with Gasteiger partial charge in [-0.3, -0.25) is 14.2 Å². The van der Waals surface area contributed by atoms with Crippen LogP contribution >= 0.6 is 27.5 Å². The van der Waals surface area contributed by atoms with Crippen molar-refractivity contribution in [2.75, 3.05) is 7.05 Å². The Balaban J connectivity index is 1.82. The Kier molecular flexibility index (Phi) is 5.10. The van der Waals surface area contributed by atoms with E-state index in [4.69, 9.17) is 16.3 Å². The molecule has 148 valence electrons. The van der Waals surface area contributed by atoms with Crippen molar-refractivity contribution in [1.29, 1.82) is 0 Å². The van der Waals surface area contributed by atoms with E-state index in [1.165, 1.54) is 10.6 Å². The lowest BCUT2D eigenvalue weighted by Crippen LogP contribution is -2.53. The molecule has 1 aliphatic heterocycles. The number of rotatable bonds is 1. The molecule has 1 N–H and O–H groups in total. The number of hydrogen-bond acceptors (Lipinski definition) is 4. The summed E-state index contributed by atoms with van der Waals surface area (Å²) in [7, 11) is 1.72. The number of hydrogen-bond donors (Lipinski definition) is 1. The fraction of sp³-hybridized carbons (Fsp3) is 0.611. The Morgan fingerprint density at radius 3 is 2.52 bits per heavy atom. The lowest BCUT2D eigenvalue weighted by atomic mass is 9.85. The number of amides is 2. The first-order chi connectivity index (χ1) is 12.4. The van der Waals surface area contributed by atoms with Crippen LogP contribution in [0, 0.1) is 0 Å². The van der Waals surface area contributed by atoms with Gasteiger partial charge in [-0.25, -0.2) is 4.79 Å². The minimum Gasteiger partial charge on any atom is -0.444 e. The van der Waals surface area contributed by atoms with Crippen molar-refractivity contribution >= 4 is 39.5 Å². The number of aromatic nitrogens is 1. The van der Waals surface area contributed by atoms with Gasteiger partial charge in [0.25, 0.3) is 11.5 Å². The molecule has 3 rings (SSSR count). The molecule has 0 unspecified atom stereocenters. The van der Waals surface area contributed by atoms with E-state index in [1.807, 2.05) is 20.8 Å². The monoisotopic (exact) mass is 459 g/mol. The molecule has 1 aliphatic carbocycles. The zero-order valence-electron chi connectivity index (χ0n) is 15.8. The van der Waals surface area contributed by atoms with Gasteiger partial charge >= 0.3 is 6.09 Å². The van der Waals surface area contributed by atoms with Gasteiger partial charge in [-0.15, -0.1) is 0 Å². The fourth-order valence-electron chi connectivity index (χ4n) is 3.80. The Bertz CT molecular complexity index is 853. The summed E-state index contributed by atoms with van der Waals surface area (Å²) in [5, 5.41) is 3.19. The highest BCUT2D eigenvalue weighted by Gasteiger charge is 2.48. The highest BCUT2D eigenvalue weighted by Crippen LogP contribution is 2.39. The number of fused-ring (bicyclic) bond motifs is 2. The molecule has 27 heavy (non-hydrogen) atoms. The maximum absolute atomic E-state index is 12.7. The van der Waals surface area contributed by atoms with Gasteiger partial charge in [-0.05, 0) is 68.5 Å². The van der Waals surface area contributed by atoms with Crippen molar-refractivity contribution in [3.8, 4) is 0 Å². The first-order valence-corrected chi connectivity index (χ1v) is 10.0. The molecule has 1 fully saturated rings. The van der Waals surface area contributed by atoms with Crippen molar-refractivity contribution in [2.24, 2.45) is 0 Å². The van der Waals surface area contributed by atoms with E-state index < -0.39 is 11.3 Å². The standard InChI is InChI=1S/C18H23BrClN3O4/c1-17(2,3)27-16(26)22(4)10-5-7-18(8-6-10)21-14(24)13-12(20)9-11(19)15(25)23(13)18/h9-10H,5-8H2,1-4H3,(H,21,24). The molecule has 1 aromatic rings. The molecule has 0 aromatic carbocycles. The molecule has 1 spiro atoms.